The number of hydrogen-bond acceptors (Lipinski definition) is 6. The van der Waals surface area contributed by atoms with Crippen LogP contribution in [0.4, 0.5) is 17.3 Å². The first-order chi connectivity index (χ1) is 11.9. The molecule has 0 spiro atoms. The summed E-state index contributed by atoms with van der Waals surface area (Å²) in [5, 5.41) is 6.64. The van der Waals surface area contributed by atoms with E-state index in [1.54, 1.807) is 0 Å². The molecule has 0 amide bonds. The van der Waals surface area contributed by atoms with Gasteiger partial charge in [0, 0.05) is 17.8 Å². The van der Waals surface area contributed by atoms with Crippen molar-refractivity contribution in [2.24, 2.45) is 0 Å². The molecule has 1 unspecified atom stereocenters. The average Bonchev–Trinajstić information content (AvgIpc) is 2.87. The lowest BCUT2D eigenvalue weighted by Crippen LogP contribution is -2.21. The van der Waals surface area contributed by atoms with Gasteiger partial charge in [-0.25, -0.2) is 18.4 Å². The van der Waals surface area contributed by atoms with E-state index in [4.69, 9.17) is 0 Å². The van der Waals surface area contributed by atoms with Crippen LogP contribution in [-0.4, -0.2) is 35.9 Å². The van der Waals surface area contributed by atoms with Gasteiger partial charge in [-0.3, -0.25) is 0 Å². The Labute approximate surface area is 149 Å². The van der Waals surface area contributed by atoms with Crippen molar-refractivity contribution in [3.63, 3.8) is 0 Å². The number of anilines is 3. The minimum absolute atomic E-state index is 0.0863. The molecule has 1 aliphatic heterocycles. The largest absolute Gasteiger partial charge is 0.366 e. The molecule has 25 heavy (non-hydrogen) atoms. The normalized spacial score (nSPS) is 18.9. The molecule has 6 nitrogen and oxygen atoms in total. The molecule has 1 fully saturated rings. The SMILES string of the molecule is CCc1cccc(C)c1Nc1cc(NC2CCS(=O)(=O)C2)nc(C)n1. The van der Waals surface area contributed by atoms with Crippen LogP contribution in [0.15, 0.2) is 24.3 Å². The molecule has 3 rings (SSSR count). The second kappa shape index (κ2) is 7.00. The molecule has 0 aliphatic carbocycles. The maximum atomic E-state index is 11.6. The van der Waals surface area contributed by atoms with Crippen LogP contribution in [0.1, 0.15) is 30.3 Å². The Bertz CT molecular complexity index is 881. The van der Waals surface area contributed by atoms with Gasteiger partial charge in [0.25, 0.3) is 0 Å². The Kier molecular flexibility index (Phi) is 4.94. The van der Waals surface area contributed by atoms with Crippen molar-refractivity contribution in [1.82, 2.24) is 9.97 Å². The predicted octanol–water partition coefficient (Wildman–Crippen LogP) is 3.00. The van der Waals surface area contributed by atoms with Gasteiger partial charge in [-0.15, -0.1) is 0 Å². The molecule has 2 heterocycles. The van der Waals surface area contributed by atoms with Crippen LogP contribution in [0.25, 0.3) is 0 Å². The van der Waals surface area contributed by atoms with Gasteiger partial charge in [0.05, 0.1) is 11.5 Å². The van der Waals surface area contributed by atoms with Crippen LogP contribution in [0.5, 0.6) is 0 Å². The first-order valence-corrected chi connectivity index (χ1v) is 10.4. The van der Waals surface area contributed by atoms with Crippen molar-refractivity contribution in [1.29, 1.82) is 0 Å². The minimum Gasteiger partial charge on any atom is -0.366 e. The molecule has 2 N–H and O–H groups in total. The van der Waals surface area contributed by atoms with Crippen LogP contribution in [0.2, 0.25) is 0 Å². The molecular formula is C18H24N4O2S. The molecule has 2 aromatic rings. The summed E-state index contributed by atoms with van der Waals surface area (Å²) in [4.78, 5) is 8.86. The third kappa shape index (κ3) is 4.28. The molecule has 1 atom stereocenters. The summed E-state index contributed by atoms with van der Waals surface area (Å²) in [5.41, 5.74) is 3.46. The number of rotatable bonds is 5. The van der Waals surface area contributed by atoms with Gasteiger partial charge in [0.15, 0.2) is 9.84 Å². The number of aryl methyl sites for hydroxylation is 3. The van der Waals surface area contributed by atoms with Gasteiger partial charge in [0.1, 0.15) is 17.5 Å². The highest BCUT2D eigenvalue weighted by atomic mass is 32.2. The van der Waals surface area contributed by atoms with Crippen molar-refractivity contribution in [3.8, 4) is 0 Å². The molecule has 1 aromatic heterocycles. The van der Waals surface area contributed by atoms with E-state index in [1.807, 2.05) is 13.0 Å². The van der Waals surface area contributed by atoms with E-state index < -0.39 is 9.84 Å². The zero-order chi connectivity index (χ0) is 18.0. The van der Waals surface area contributed by atoms with Crippen molar-refractivity contribution >= 4 is 27.2 Å². The number of nitrogens with one attached hydrogen (secondary N) is 2. The number of sulfone groups is 1. The molecular weight excluding hydrogens is 336 g/mol. The van der Waals surface area contributed by atoms with Gasteiger partial charge < -0.3 is 10.6 Å². The average molecular weight is 360 g/mol. The maximum absolute atomic E-state index is 11.6. The van der Waals surface area contributed by atoms with Gasteiger partial charge >= 0.3 is 0 Å². The highest BCUT2D eigenvalue weighted by molar-refractivity contribution is 7.91. The Morgan fingerprint density at radius 2 is 1.96 bits per heavy atom. The van der Waals surface area contributed by atoms with E-state index in [0.717, 1.165) is 17.7 Å². The number of para-hydroxylation sites is 1. The lowest BCUT2D eigenvalue weighted by Gasteiger charge is -2.16. The fraction of sp³-hybridized carbons (Fsp3) is 0.444. The lowest BCUT2D eigenvalue weighted by molar-refractivity contribution is 0.602. The highest BCUT2D eigenvalue weighted by Crippen LogP contribution is 2.26. The summed E-state index contributed by atoms with van der Waals surface area (Å²) in [7, 11) is -2.92. The molecule has 1 aliphatic rings. The molecule has 0 bridgehead atoms. The Hall–Kier alpha value is -2.15. The van der Waals surface area contributed by atoms with E-state index in [1.165, 1.54) is 5.56 Å². The number of nitrogens with zero attached hydrogens (tertiary/aromatic N) is 2. The second-order valence-electron chi connectivity index (χ2n) is 6.52. The Balaban J connectivity index is 1.83. The van der Waals surface area contributed by atoms with Crippen LogP contribution >= 0.6 is 0 Å². The first kappa shape index (κ1) is 17.7. The van der Waals surface area contributed by atoms with E-state index in [2.05, 4.69) is 52.6 Å². The summed E-state index contributed by atoms with van der Waals surface area (Å²) in [5.74, 6) is 2.41. The summed E-state index contributed by atoms with van der Waals surface area (Å²) < 4.78 is 23.3. The quantitative estimate of drug-likeness (QED) is 0.853. The summed E-state index contributed by atoms with van der Waals surface area (Å²) in [6.45, 7) is 6.02. The zero-order valence-corrected chi connectivity index (χ0v) is 15.7. The first-order valence-electron chi connectivity index (χ1n) is 8.54. The summed E-state index contributed by atoms with van der Waals surface area (Å²) >= 11 is 0. The number of benzene rings is 1. The predicted molar refractivity (Wildman–Crippen MR) is 101 cm³/mol. The van der Waals surface area contributed by atoms with Gasteiger partial charge in [-0.05, 0) is 37.8 Å². The molecule has 134 valence electrons. The van der Waals surface area contributed by atoms with Gasteiger partial charge in [-0.2, -0.15) is 0 Å². The third-order valence-electron chi connectivity index (χ3n) is 4.42. The van der Waals surface area contributed by atoms with Crippen LogP contribution in [-0.2, 0) is 16.3 Å². The van der Waals surface area contributed by atoms with Crippen molar-refractivity contribution in [2.45, 2.75) is 39.7 Å². The van der Waals surface area contributed by atoms with E-state index in [-0.39, 0.29) is 17.5 Å². The fourth-order valence-electron chi connectivity index (χ4n) is 3.15. The van der Waals surface area contributed by atoms with E-state index >= 15 is 0 Å². The summed E-state index contributed by atoms with van der Waals surface area (Å²) in [6, 6.07) is 7.98. The lowest BCUT2D eigenvalue weighted by atomic mass is 10.1. The summed E-state index contributed by atoms with van der Waals surface area (Å²) in [6.07, 6.45) is 1.55. The zero-order valence-electron chi connectivity index (χ0n) is 14.8. The Morgan fingerprint density at radius 3 is 2.64 bits per heavy atom. The standard InChI is InChI=1S/C18H24N4O2S/c1-4-14-7-5-6-12(2)18(14)22-17-10-16(19-13(3)20-17)21-15-8-9-25(23,24)11-15/h5-7,10,15H,4,8-9,11H2,1-3H3,(H2,19,20,21,22). The fourth-order valence-corrected chi connectivity index (χ4v) is 4.83. The molecule has 1 saturated heterocycles. The van der Waals surface area contributed by atoms with Crippen LogP contribution in [0.3, 0.4) is 0 Å². The Morgan fingerprint density at radius 1 is 1.20 bits per heavy atom. The van der Waals surface area contributed by atoms with Gasteiger partial charge in [0.2, 0.25) is 0 Å². The van der Waals surface area contributed by atoms with Crippen LogP contribution < -0.4 is 10.6 Å². The van der Waals surface area contributed by atoms with Crippen molar-refractivity contribution < 1.29 is 8.42 Å². The molecule has 0 radical (unpaired) electrons. The van der Waals surface area contributed by atoms with Crippen molar-refractivity contribution in [3.05, 3.63) is 41.2 Å². The van der Waals surface area contributed by atoms with Crippen molar-refractivity contribution in [2.75, 3.05) is 22.1 Å². The van der Waals surface area contributed by atoms with Gasteiger partial charge in [-0.1, -0.05) is 25.1 Å². The van der Waals surface area contributed by atoms with Crippen LogP contribution in [0, 0.1) is 13.8 Å². The second-order valence-corrected chi connectivity index (χ2v) is 8.75. The number of aromatic nitrogens is 2. The van der Waals surface area contributed by atoms with E-state index in [0.29, 0.717) is 23.9 Å². The molecule has 7 heteroatoms. The molecule has 0 saturated carbocycles. The maximum Gasteiger partial charge on any atom is 0.152 e. The smallest absolute Gasteiger partial charge is 0.152 e. The topological polar surface area (TPSA) is 84.0 Å². The highest BCUT2D eigenvalue weighted by Gasteiger charge is 2.28. The third-order valence-corrected chi connectivity index (χ3v) is 6.18. The monoisotopic (exact) mass is 360 g/mol. The molecule has 1 aromatic carbocycles. The number of hydrogen-bond donors (Lipinski definition) is 2. The minimum atomic E-state index is -2.92. The van der Waals surface area contributed by atoms with E-state index in [9.17, 15) is 8.42 Å².